The number of aromatic nitrogens is 2. The molecule has 1 aromatic carbocycles. The normalized spacial score (nSPS) is 10.6. The number of carboxylic acids is 1. The molecule has 0 aliphatic rings. The molecule has 0 saturated heterocycles. The van der Waals surface area contributed by atoms with Gasteiger partial charge < -0.3 is 9.84 Å². The van der Waals surface area contributed by atoms with Gasteiger partial charge in [-0.05, 0) is 31.5 Å². The quantitative estimate of drug-likeness (QED) is 0.941. The molecule has 2 rings (SSSR count). The van der Waals surface area contributed by atoms with E-state index in [1.54, 1.807) is 23.9 Å². The topological polar surface area (TPSA) is 64.3 Å². The summed E-state index contributed by atoms with van der Waals surface area (Å²) in [6.07, 6.45) is 0. The first kappa shape index (κ1) is 14.4. The van der Waals surface area contributed by atoms with Crippen LogP contribution in [0, 0.1) is 13.8 Å². The van der Waals surface area contributed by atoms with Gasteiger partial charge in [0.15, 0.2) is 0 Å². The lowest BCUT2D eigenvalue weighted by atomic mass is 10.1. The van der Waals surface area contributed by atoms with Gasteiger partial charge in [0, 0.05) is 7.05 Å². The number of carbonyl (C=O) groups is 1. The Morgan fingerprint density at radius 2 is 2.15 bits per heavy atom. The zero-order valence-electron chi connectivity index (χ0n) is 11.5. The second kappa shape index (κ2) is 5.54. The van der Waals surface area contributed by atoms with Crippen LogP contribution in [0.1, 0.15) is 27.3 Å². The molecule has 1 N–H and O–H groups in total. The summed E-state index contributed by atoms with van der Waals surface area (Å²) in [7, 11) is 1.79. The van der Waals surface area contributed by atoms with Crippen molar-refractivity contribution in [3.63, 3.8) is 0 Å². The van der Waals surface area contributed by atoms with Crippen LogP contribution in [-0.2, 0) is 13.7 Å². The third-order valence-electron chi connectivity index (χ3n) is 3.06. The molecule has 6 heteroatoms. The van der Waals surface area contributed by atoms with E-state index < -0.39 is 5.97 Å². The predicted molar refractivity (Wildman–Crippen MR) is 75.4 cm³/mol. The van der Waals surface area contributed by atoms with Crippen molar-refractivity contribution in [1.29, 1.82) is 0 Å². The van der Waals surface area contributed by atoms with Gasteiger partial charge in [-0.1, -0.05) is 17.7 Å². The molecule has 5 nitrogen and oxygen atoms in total. The van der Waals surface area contributed by atoms with Crippen molar-refractivity contribution in [1.82, 2.24) is 9.78 Å². The number of nitrogens with zero attached hydrogens (tertiary/aromatic N) is 2. The van der Waals surface area contributed by atoms with Crippen molar-refractivity contribution in [2.45, 2.75) is 20.5 Å². The average molecular weight is 295 g/mol. The van der Waals surface area contributed by atoms with E-state index in [9.17, 15) is 4.79 Å². The molecule has 20 heavy (non-hydrogen) atoms. The molecule has 0 radical (unpaired) electrons. The van der Waals surface area contributed by atoms with Crippen LogP contribution in [0.2, 0.25) is 5.02 Å². The van der Waals surface area contributed by atoms with Crippen molar-refractivity contribution in [2.75, 3.05) is 0 Å². The summed E-state index contributed by atoms with van der Waals surface area (Å²) in [5.41, 5.74) is 2.55. The molecule has 0 spiro atoms. The molecular weight excluding hydrogens is 280 g/mol. The molecular formula is C14H15ClN2O3. The number of rotatable bonds is 4. The van der Waals surface area contributed by atoms with Gasteiger partial charge in [-0.15, -0.1) is 0 Å². The largest absolute Gasteiger partial charge is 0.487 e. The first-order valence-corrected chi connectivity index (χ1v) is 6.42. The zero-order chi connectivity index (χ0) is 14.9. The number of carboxylic acid groups (broad SMARTS) is 1. The van der Waals surface area contributed by atoms with Crippen molar-refractivity contribution in [3.05, 3.63) is 45.7 Å². The maximum absolute atomic E-state index is 11.0. The average Bonchev–Trinajstić information content (AvgIpc) is 2.63. The monoisotopic (exact) mass is 294 g/mol. The third-order valence-corrected chi connectivity index (χ3v) is 3.55. The standard InChI is InChI=1S/C14H15ClN2O3/c1-8-4-5-10(14(18)19)6-12(8)20-7-11-13(15)9(2)16-17(11)3/h4-6H,7H2,1-3H3,(H,18,19). The number of aryl methyl sites for hydroxylation is 3. The third kappa shape index (κ3) is 2.77. The lowest BCUT2D eigenvalue weighted by Crippen LogP contribution is -2.05. The molecule has 0 fully saturated rings. The Balaban J connectivity index is 2.22. The van der Waals surface area contributed by atoms with E-state index in [0.717, 1.165) is 17.0 Å². The molecule has 0 saturated carbocycles. The van der Waals surface area contributed by atoms with Crippen LogP contribution in [0.15, 0.2) is 18.2 Å². The second-order valence-corrected chi connectivity index (χ2v) is 4.92. The van der Waals surface area contributed by atoms with Crippen LogP contribution in [0.4, 0.5) is 0 Å². The van der Waals surface area contributed by atoms with E-state index in [-0.39, 0.29) is 12.2 Å². The fourth-order valence-corrected chi connectivity index (χ4v) is 2.09. The Hall–Kier alpha value is -2.01. The fourth-order valence-electron chi connectivity index (χ4n) is 1.87. The first-order chi connectivity index (χ1) is 9.40. The molecule has 0 amide bonds. The fraction of sp³-hybridized carbons (Fsp3) is 0.286. The molecule has 0 aliphatic carbocycles. The second-order valence-electron chi connectivity index (χ2n) is 4.54. The number of benzene rings is 1. The molecule has 106 valence electrons. The maximum Gasteiger partial charge on any atom is 0.335 e. The highest BCUT2D eigenvalue weighted by Crippen LogP contribution is 2.24. The van der Waals surface area contributed by atoms with Gasteiger partial charge >= 0.3 is 5.97 Å². The number of ether oxygens (including phenoxy) is 1. The van der Waals surface area contributed by atoms with Crippen molar-refractivity contribution in [2.24, 2.45) is 7.05 Å². The van der Waals surface area contributed by atoms with Crippen molar-refractivity contribution >= 4 is 17.6 Å². The van der Waals surface area contributed by atoms with Crippen LogP contribution >= 0.6 is 11.6 Å². The molecule has 0 bridgehead atoms. The smallest absolute Gasteiger partial charge is 0.335 e. The summed E-state index contributed by atoms with van der Waals surface area (Å²) in [5.74, 6) is -0.455. The summed E-state index contributed by atoms with van der Waals surface area (Å²) >= 11 is 6.14. The van der Waals surface area contributed by atoms with Gasteiger partial charge in [0.25, 0.3) is 0 Å². The summed E-state index contributed by atoms with van der Waals surface area (Å²) in [6, 6.07) is 4.77. The van der Waals surface area contributed by atoms with Gasteiger partial charge in [-0.3, -0.25) is 4.68 Å². The number of halogens is 1. The summed E-state index contributed by atoms with van der Waals surface area (Å²) < 4.78 is 7.34. The van der Waals surface area contributed by atoms with Crippen molar-refractivity contribution < 1.29 is 14.6 Å². The number of aromatic carboxylic acids is 1. The van der Waals surface area contributed by atoms with E-state index in [0.29, 0.717) is 10.8 Å². The summed E-state index contributed by atoms with van der Waals surface area (Å²) in [4.78, 5) is 11.0. The number of hydrogen-bond acceptors (Lipinski definition) is 3. The molecule has 0 atom stereocenters. The van der Waals surface area contributed by atoms with E-state index in [2.05, 4.69) is 5.10 Å². The SMILES string of the molecule is Cc1ccc(C(=O)O)cc1OCc1c(Cl)c(C)nn1C. The van der Waals surface area contributed by atoms with Gasteiger partial charge in [-0.25, -0.2) is 4.79 Å². The lowest BCUT2D eigenvalue weighted by molar-refractivity contribution is 0.0696. The zero-order valence-corrected chi connectivity index (χ0v) is 12.2. The first-order valence-electron chi connectivity index (χ1n) is 6.05. The highest BCUT2D eigenvalue weighted by atomic mass is 35.5. The van der Waals surface area contributed by atoms with E-state index in [1.165, 1.54) is 6.07 Å². The molecule has 1 aromatic heterocycles. The minimum atomic E-state index is -0.982. The molecule has 0 aliphatic heterocycles. The minimum absolute atomic E-state index is 0.192. The Labute approximate surface area is 121 Å². The Bertz CT molecular complexity index is 665. The Morgan fingerprint density at radius 3 is 2.70 bits per heavy atom. The summed E-state index contributed by atoms with van der Waals surface area (Å²) in [5, 5.41) is 13.8. The molecule has 2 aromatic rings. The maximum atomic E-state index is 11.0. The highest BCUT2D eigenvalue weighted by molar-refractivity contribution is 6.31. The molecule has 0 unspecified atom stereocenters. The van der Waals surface area contributed by atoms with E-state index in [4.69, 9.17) is 21.4 Å². The van der Waals surface area contributed by atoms with Crippen LogP contribution < -0.4 is 4.74 Å². The van der Waals surface area contributed by atoms with Crippen LogP contribution in [-0.4, -0.2) is 20.9 Å². The minimum Gasteiger partial charge on any atom is -0.487 e. The van der Waals surface area contributed by atoms with E-state index in [1.807, 2.05) is 13.8 Å². The van der Waals surface area contributed by atoms with Gasteiger partial charge in [0.05, 0.1) is 22.0 Å². The lowest BCUT2D eigenvalue weighted by Gasteiger charge is -2.10. The van der Waals surface area contributed by atoms with Crippen LogP contribution in [0.3, 0.4) is 0 Å². The van der Waals surface area contributed by atoms with E-state index >= 15 is 0 Å². The van der Waals surface area contributed by atoms with Crippen LogP contribution in [0.5, 0.6) is 5.75 Å². The highest BCUT2D eigenvalue weighted by Gasteiger charge is 2.13. The van der Waals surface area contributed by atoms with Crippen LogP contribution in [0.25, 0.3) is 0 Å². The Kier molecular flexibility index (Phi) is 3.99. The van der Waals surface area contributed by atoms with Gasteiger partial charge in [0.1, 0.15) is 12.4 Å². The van der Waals surface area contributed by atoms with Gasteiger partial charge in [-0.2, -0.15) is 5.10 Å². The van der Waals surface area contributed by atoms with Gasteiger partial charge in [0.2, 0.25) is 0 Å². The number of hydrogen-bond donors (Lipinski definition) is 1. The Morgan fingerprint density at radius 1 is 1.45 bits per heavy atom. The predicted octanol–water partition coefficient (Wildman–Crippen LogP) is 2.97. The summed E-state index contributed by atoms with van der Waals surface area (Å²) in [6.45, 7) is 3.92. The van der Waals surface area contributed by atoms with Crippen molar-refractivity contribution in [3.8, 4) is 5.75 Å². The molecule has 1 heterocycles.